The molecule has 0 spiro atoms. The fraction of sp³-hybridized carbons (Fsp3) is 0.500. The minimum absolute atomic E-state index is 0.0734. The Kier molecular flexibility index (Phi) is 4.71. The molecule has 2 aromatic rings. The van der Waals surface area contributed by atoms with Crippen molar-refractivity contribution in [2.45, 2.75) is 45.9 Å². The van der Waals surface area contributed by atoms with E-state index in [2.05, 4.69) is 15.6 Å². The average molecular weight is 304 g/mol. The Bertz CT molecular complexity index is 656. The Morgan fingerprint density at radius 3 is 2.68 bits per heavy atom. The first-order valence-electron chi connectivity index (χ1n) is 7.44. The van der Waals surface area contributed by atoms with Crippen molar-refractivity contribution in [3.63, 3.8) is 0 Å². The molecule has 6 nitrogen and oxygen atoms in total. The number of imidazole rings is 1. The van der Waals surface area contributed by atoms with Crippen LogP contribution >= 0.6 is 0 Å². The highest BCUT2D eigenvalue weighted by atomic mass is 16.3. The number of amides is 1. The second-order valence-electron chi connectivity index (χ2n) is 6.54. The average Bonchev–Trinajstić information content (AvgIpc) is 2.72. The van der Waals surface area contributed by atoms with Crippen LogP contribution in [0.3, 0.4) is 0 Å². The van der Waals surface area contributed by atoms with Crippen LogP contribution in [0, 0.1) is 0 Å². The number of aliphatic hydroxyl groups is 1. The predicted molar refractivity (Wildman–Crippen MR) is 87.8 cm³/mol. The van der Waals surface area contributed by atoms with Gasteiger partial charge >= 0.3 is 0 Å². The maximum absolute atomic E-state index is 12.2. The standard InChI is InChI=1S/C16H24N4O2/c1-11(21)9-17-15-18-12-7-5-6-8-13(12)20(15)10-14(22)19-16(2,3)4/h5-8,11,21H,9-10H2,1-4H3,(H,17,18)(H,19,22)/t11-/m0/s1. The fourth-order valence-electron chi connectivity index (χ4n) is 2.21. The third-order valence-electron chi connectivity index (χ3n) is 3.03. The molecule has 22 heavy (non-hydrogen) atoms. The summed E-state index contributed by atoms with van der Waals surface area (Å²) in [4.78, 5) is 16.7. The van der Waals surface area contributed by atoms with Gasteiger partial charge in [0.15, 0.2) is 0 Å². The van der Waals surface area contributed by atoms with Crippen LogP contribution < -0.4 is 10.6 Å². The summed E-state index contributed by atoms with van der Waals surface area (Å²) in [5, 5.41) is 15.5. The molecule has 0 aliphatic rings. The second kappa shape index (κ2) is 6.36. The lowest BCUT2D eigenvalue weighted by Gasteiger charge is -2.21. The Morgan fingerprint density at radius 2 is 2.05 bits per heavy atom. The minimum atomic E-state index is -0.489. The number of nitrogens with zero attached hydrogens (tertiary/aromatic N) is 2. The van der Waals surface area contributed by atoms with Crippen molar-refractivity contribution in [1.29, 1.82) is 0 Å². The van der Waals surface area contributed by atoms with Gasteiger partial charge in [-0.2, -0.15) is 0 Å². The third kappa shape index (κ3) is 4.21. The van der Waals surface area contributed by atoms with E-state index in [-0.39, 0.29) is 18.0 Å². The normalized spacial score (nSPS) is 13.1. The smallest absolute Gasteiger partial charge is 0.240 e. The molecule has 1 heterocycles. The molecular formula is C16H24N4O2. The number of anilines is 1. The first kappa shape index (κ1) is 16.3. The minimum Gasteiger partial charge on any atom is -0.392 e. The van der Waals surface area contributed by atoms with Crippen LogP contribution in [0.4, 0.5) is 5.95 Å². The second-order valence-corrected chi connectivity index (χ2v) is 6.54. The molecule has 120 valence electrons. The van der Waals surface area contributed by atoms with Gasteiger partial charge in [0.1, 0.15) is 6.54 Å². The van der Waals surface area contributed by atoms with E-state index in [1.54, 1.807) is 6.92 Å². The van der Waals surface area contributed by atoms with Crippen LogP contribution in [0.15, 0.2) is 24.3 Å². The van der Waals surface area contributed by atoms with Gasteiger partial charge in [0, 0.05) is 12.1 Å². The van der Waals surface area contributed by atoms with E-state index in [9.17, 15) is 9.90 Å². The SMILES string of the molecule is C[C@H](O)CNc1nc2ccccc2n1CC(=O)NC(C)(C)C. The monoisotopic (exact) mass is 304 g/mol. The molecule has 1 aromatic heterocycles. The molecule has 0 bridgehead atoms. The van der Waals surface area contributed by atoms with Gasteiger partial charge in [0.25, 0.3) is 0 Å². The van der Waals surface area contributed by atoms with Gasteiger partial charge in [0.2, 0.25) is 11.9 Å². The molecule has 0 saturated carbocycles. The zero-order valence-electron chi connectivity index (χ0n) is 13.6. The molecule has 0 saturated heterocycles. The van der Waals surface area contributed by atoms with E-state index in [0.717, 1.165) is 11.0 Å². The number of para-hydroxylation sites is 2. The summed E-state index contributed by atoms with van der Waals surface area (Å²) in [5.41, 5.74) is 1.43. The van der Waals surface area contributed by atoms with Crippen LogP contribution in [0.25, 0.3) is 11.0 Å². The van der Waals surface area contributed by atoms with Crippen molar-refractivity contribution < 1.29 is 9.90 Å². The third-order valence-corrected chi connectivity index (χ3v) is 3.03. The largest absolute Gasteiger partial charge is 0.392 e. The number of hydrogen-bond acceptors (Lipinski definition) is 4. The predicted octanol–water partition coefficient (Wildman–Crippen LogP) is 1.74. The highest BCUT2D eigenvalue weighted by molar-refractivity contribution is 5.83. The van der Waals surface area contributed by atoms with Crippen molar-refractivity contribution in [2.75, 3.05) is 11.9 Å². The zero-order chi connectivity index (χ0) is 16.3. The van der Waals surface area contributed by atoms with Gasteiger partial charge in [-0.1, -0.05) is 12.1 Å². The van der Waals surface area contributed by atoms with E-state index in [4.69, 9.17) is 0 Å². The molecule has 1 amide bonds. The maximum Gasteiger partial charge on any atom is 0.240 e. The van der Waals surface area contributed by atoms with E-state index >= 15 is 0 Å². The first-order chi connectivity index (χ1) is 10.3. The number of fused-ring (bicyclic) bond motifs is 1. The summed E-state index contributed by atoms with van der Waals surface area (Å²) in [7, 11) is 0. The number of hydrogen-bond donors (Lipinski definition) is 3. The highest BCUT2D eigenvalue weighted by Gasteiger charge is 2.17. The lowest BCUT2D eigenvalue weighted by molar-refractivity contribution is -0.122. The Morgan fingerprint density at radius 1 is 1.36 bits per heavy atom. The molecule has 1 aromatic carbocycles. The number of aromatic nitrogens is 2. The number of aliphatic hydroxyl groups excluding tert-OH is 1. The summed E-state index contributed by atoms with van der Waals surface area (Å²) in [6.45, 7) is 8.10. The molecule has 0 unspecified atom stereocenters. The molecule has 3 N–H and O–H groups in total. The summed E-state index contributed by atoms with van der Waals surface area (Å²) in [6, 6.07) is 7.66. The van der Waals surface area contributed by atoms with Gasteiger partial charge in [-0.15, -0.1) is 0 Å². The van der Waals surface area contributed by atoms with Crippen LogP contribution in [0.1, 0.15) is 27.7 Å². The summed E-state index contributed by atoms with van der Waals surface area (Å²) in [6.07, 6.45) is -0.489. The highest BCUT2D eigenvalue weighted by Crippen LogP contribution is 2.19. The molecule has 0 fully saturated rings. The van der Waals surface area contributed by atoms with Crippen LogP contribution in [-0.4, -0.2) is 38.8 Å². The Labute approximate surface area is 130 Å². The zero-order valence-corrected chi connectivity index (χ0v) is 13.6. The molecule has 1 atom stereocenters. The van der Waals surface area contributed by atoms with Gasteiger partial charge in [0.05, 0.1) is 17.1 Å². The Hall–Kier alpha value is -2.08. The van der Waals surface area contributed by atoms with Crippen molar-refractivity contribution in [1.82, 2.24) is 14.9 Å². The number of carbonyl (C=O) groups is 1. The van der Waals surface area contributed by atoms with Crippen molar-refractivity contribution >= 4 is 22.9 Å². The summed E-state index contributed by atoms with van der Waals surface area (Å²) >= 11 is 0. The van der Waals surface area contributed by atoms with Crippen molar-refractivity contribution in [2.24, 2.45) is 0 Å². The van der Waals surface area contributed by atoms with Crippen LogP contribution in [-0.2, 0) is 11.3 Å². The molecular weight excluding hydrogens is 280 g/mol. The van der Waals surface area contributed by atoms with E-state index in [1.165, 1.54) is 0 Å². The number of benzene rings is 1. The van der Waals surface area contributed by atoms with Gasteiger partial charge in [-0.3, -0.25) is 4.79 Å². The summed E-state index contributed by atoms with van der Waals surface area (Å²) in [5.74, 6) is 0.516. The van der Waals surface area contributed by atoms with E-state index < -0.39 is 6.10 Å². The molecule has 0 aliphatic heterocycles. The van der Waals surface area contributed by atoms with Crippen LogP contribution in [0.5, 0.6) is 0 Å². The molecule has 2 rings (SSSR count). The quantitative estimate of drug-likeness (QED) is 0.786. The lowest BCUT2D eigenvalue weighted by Crippen LogP contribution is -2.42. The summed E-state index contributed by atoms with van der Waals surface area (Å²) < 4.78 is 1.83. The van der Waals surface area contributed by atoms with E-state index in [1.807, 2.05) is 49.6 Å². The maximum atomic E-state index is 12.2. The molecule has 0 aliphatic carbocycles. The number of rotatable bonds is 5. The first-order valence-corrected chi connectivity index (χ1v) is 7.44. The molecule has 6 heteroatoms. The van der Waals surface area contributed by atoms with Crippen molar-refractivity contribution in [3.8, 4) is 0 Å². The van der Waals surface area contributed by atoms with Gasteiger partial charge in [-0.05, 0) is 39.8 Å². The lowest BCUT2D eigenvalue weighted by atomic mass is 10.1. The number of carbonyl (C=O) groups excluding carboxylic acids is 1. The van der Waals surface area contributed by atoms with Gasteiger partial charge < -0.3 is 20.3 Å². The fourth-order valence-corrected chi connectivity index (χ4v) is 2.21. The number of nitrogens with one attached hydrogen (secondary N) is 2. The van der Waals surface area contributed by atoms with Crippen molar-refractivity contribution in [3.05, 3.63) is 24.3 Å². The van der Waals surface area contributed by atoms with E-state index in [0.29, 0.717) is 12.5 Å². The van der Waals surface area contributed by atoms with Crippen LogP contribution in [0.2, 0.25) is 0 Å². The topological polar surface area (TPSA) is 79.2 Å². The Balaban J connectivity index is 2.28. The molecule has 0 radical (unpaired) electrons. The van der Waals surface area contributed by atoms with Gasteiger partial charge in [-0.25, -0.2) is 4.98 Å².